The lowest BCUT2D eigenvalue weighted by atomic mass is 9.77. The van der Waals surface area contributed by atoms with Gasteiger partial charge in [-0.05, 0) is 30.3 Å². The summed E-state index contributed by atoms with van der Waals surface area (Å²) in [6.45, 7) is 2.13. The summed E-state index contributed by atoms with van der Waals surface area (Å²) in [6, 6.07) is 0. The molecule has 1 spiro atoms. The molecule has 0 atom stereocenters. The summed E-state index contributed by atoms with van der Waals surface area (Å²) in [5.74, 6) is 0.445. The number of rotatable bonds is 1. The van der Waals surface area contributed by atoms with Gasteiger partial charge in [0.1, 0.15) is 0 Å². The molecule has 2 rings (SSSR count). The van der Waals surface area contributed by atoms with E-state index in [-0.39, 0.29) is 5.41 Å². The molecule has 2 aliphatic rings. The van der Waals surface area contributed by atoms with E-state index in [9.17, 15) is 4.79 Å². The zero-order valence-electron chi connectivity index (χ0n) is 14.8. The van der Waals surface area contributed by atoms with Crippen molar-refractivity contribution in [3.05, 3.63) is 11.6 Å². The number of carbonyl (C=O) groups excluding carboxylic acids is 1. The highest BCUT2D eigenvalue weighted by molar-refractivity contribution is 5.98. The standard InChI is InChI=1S/C21H36O/c1-2-19-17-21(18-20(19)22)15-13-11-9-7-5-3-4-6-8-10-12-14-16-21/h17H,2-16,18H2,1H3. The molecule has 0 aromatic heterocycles. The molecule has 1 heteroatoms. The van der Waals surface area contributed by atoms with Crippen molar-refractivity contribution in [2.45, 2.75) is 110 Å². The average Bonchev–Trinajstić information content (AvgIpc) is 2.83. The second kappa shape index (κ2) is 9.53. The minimum absolute atomic E-state index is 0.239. The zero-order chi connectivity index (χ0) is 15.7. The molecule has 0 radical (unpaired) electrons. The van der Waals surface area contributed by atoms with Gasteiger partial charge in [0.2, 0.25) is 0 Å². The average molecular weight is 305 g/mol. The van der Waals surface area contributed by atoms with E-state index in [1.807, 2.05) is 0 Å². The molecule has 2 aliphatic carbocycles. The number of ketones is 1. The third-order valence-electron chi connectivity index (χ3n) is 5.83. The Morgan fingerprint density at radius 3 is 1.55 bits per heavy atom. The molecule has 22 heavy (non-hydrogen) atoms. The Hall–Kier alpha value is -0.590. The van der Waals surface area contributed by atoms with Gasteiger partial charge in [0.25, 0.3) is 0 Å². The lowest BCUT2D eigenvalue weighted by Gasteiger charge is -2.27. The van der Waals surface area contributed by atoms with Gasteiger partial charge in [0.15, 0.2) is 5.78 Å². The van der Waals surface area contributed by atoms with Gasteiger partial charge in [0, 0.05) is 6.42 Å². The molecule has 0 aliphatic heterocycles. The topological polar surface area (TPSA) is 17.1 Å². The smallest absolute Gasteiger partial charge is 0.159 e. The molecule has 0 unspecified atom stereocenters. The van der Waals surface area contributed by atoms with E-state index in [0.29, 0.717) is 5.78 Å². The third-order valence-corrected chi connectivity index (χ3v) is 5.83. The summed E-state index contributed by atoms with van der Waals surface area (Å²) in [7, 11) is 0. The van der Waals surface area contributed by atoms with E-state index < -0.39 is 0 Å². The van der Waals surface area contributed by atoms with Crippen LogP contribution >= 0.6 is 0 Å². The predicted octanol–water partition coefficient (Wildman–Crippen LogP) is 6.76. The van der Waals surface area contributed by atoms with Crippen molar-refractivity contribution in [2.24, 2.45) is 5.41 Å². The van der Waals surface area contributed by atoms with Gasteiger partial charge in [-0.25, -0.2) is 0 Å². The largest absolute Gasteiger partial charge is 0.295 e. The Balaban J connectivity index is 1.91. The first-order valence-corrected chi connectivity index (χ1v) is 10.0. The number of allylic oxidation sites excluding steroid dienone is 2. The van der Waals surface area contributed by atoms with Crippen LogP contribution < -0.4 is 0 Å². The molecule has 0 bridgehead atoms. The monoisotopic (exact) mass is 304 g/mol. The predicted molar refractivity (Wildman–Crippen MR) is 95.1 cm³/mol. The molecule has 0 N–H and O–H groups in total. The minimum atomic E-state index is 0.239. The van der Waals surface area contributed by atoms with Crippen LogP contribution in [-0.2, 0) is 4.79 Å². The third kappa shape index (κ3) is 5.56. The number of carbonyl (C=O) groups is 1. The van der Waals surface area contributed by atoms with E-state index in [4.69, 9.17) is 0 Å². The van der Waals surface area contributed by atoms with Crippen molar-refractivity contribution in [2.75, 3.05) is 0 Å². The Bertz CT molecular complexity index is 350. The number of hydrogen-bond donors (Lipinski definition) is 0. The quantitative estimate of drug-likeness (QED) is 0.523. The van der Waals surface area contributed by atoms with E-state index in [2.05, 4.69) is 13.0 Å². The molecule has 0 aromatic carbocycles. The highest BCUT2D eigenvalue weighted by Crippen LogP contribution is 2.43. The van der Waals surface area contributed by atoms with Crippen LogP contribution in [0.2, 0.25) is 0 Å². The molecule has 126 valence electrons. The van der Waals surface area contributed by atoms with Crippen LogP contribution in [0.5, 0.6) is 0 Å². The number of Topliss-reactive ketones (excluding diaryl/α,β-unsaturated/α-hetero) is 1. The first-order chi connectivity index (χ1) is 10.8. The maximum absolute atomic E-state index is 12.2. The molecule has 1 saturated carbocycles. The van der Waals surface area contributed by atoms with Crippen LogP contribution in [0.3, 0.4) is 0 Å². The summed E-state index contributed by atoms with van der Waals surface area (Å²) in [4.78, 5) is 12.2. The molecular weight excluding hydrogens is 268 g/mol. The molecular formula is C21H36O. The summed E-state index contributed by atoms with van der Waals surface area (Å²) in [6.07, 6.45) is 23.4. The van der Waals surface area contributed by atoms with Crippen molar-refractivity contribution in [1.82, 2.24) is 0 Å². The highest BCUT2D eigenvalue weighted by Gasteiger charge is 2.36. The SMILES string of the molecule is CCC1=CC2(CCCCCCCCCCCCCC2)CC1=O. The van der Waals surface area contributed by atoms with E-state index in [1.165, 1.54) is 89.9 Å². The maximum Gasteiger partial charge on any atom is 0.159 e. The van der Waals surface area contributed by atoms with Gasteiger partial charge in [-0.3, -0.25) is 4.79 Å². The van der Waals surface area contributed by atoms with Crippen molar-refractivity contribution >= 4 is 5.78 Å². The fraction of sp³-hybridized carbons (Fsp3) is 0.857. The first kappa shape index (κ1) is 17.8. The molecule has 0 aromatic rings. The lowest BCUT2D eigenvalue weighted by Crippen LogP contribution is -2.17. The molecule has 1 nitrogen and oxygen atoms in total. The first-order valence-electron chi connectivity index (χ1n) is 10.0. The van der Waals surface area contributed by atoms with Crippen LogP contribution in [-0.4, -0.2) is 5.78 Å². The Morgan fingerprint density at radius 2 is 1.18 bits per heavy atom. The van der Waals surface area contributed by atoms with Crippen molar-refractivity contribution < 1.29 is 4.79 Å². The fourth-order valence-electron chi connectivity index (χ4n) is 4.40. The molecule has 0 saturated heterocycles. The van der Waals surface area contributed by atoms with E-state index in [1.54, 1.807) is 0 Å². The molecule has 0 heterocycles. The Kier molecular flexibility index (Phi) is 7.69. The summed E-state index contributed by atoms with van der Waals surface area (Å²) >= 11 is 0. The van der Waals surface area contributed by atoms with Crippen LogP contribution in [0.4, 0.5) is 0 Å². The lowest BCUT2D eigenvalue weighted by molar-refractivity contribution is -0.116. The van der Waals surface area contributed by atoms with E-state index >= 15 is 0 Å². The van der Waals surface area contributed by atoms with Crippen molar-refractivity contribution in [1.29, 1.82) is 0 Å². The minimum Gasteiger partial charge on any atom is -0.295 e. The van der Waals surface area contributed by atoms with Gasteiger partial charge in [-0.15, -0.1) is 0 Å². The molecule has 1 fully saturated rings. The van der Waals surface area contributed by atoms with Gasteiger partial charge < -0.3 is 0 Å². The zero-order valence-corrected chi connectivity index (χ0v) is 14.8. The van der Waals surface area contributed by atoms with Gasteiger partial charge in [-0.2, -0.15) is 0 Å². The van der Waals surface area contributed by atoms with Crippen LogP contribution in [0.1, 0.15) is 110 Å². The summed E-state index contributed by atoms with van der Waals surface area (Å²) < 4.78 is 0. The van der Waals surface area contributed by atoms with Crippen molar-refractivity contribution in [3.63, 3.8) is 0 Å². The highest BCUT2D eigenvalue weighted by atomic mass is 16.1. The normalized spacial score (nSPS) is 25.5. The van der Waals surface area contributed by atoms with Gasteiger partial charge in [0.05, 0.1) is 0 Å². The Morgan fingerprint density at radius 1 is 0.773 bits per heavy atom. The van der Waals surface area contributed by atoms with Crippen LogP contribution in [0.15, 0.2) is 11.6 Å². The molecule has 0 amide bonds. The summed E-state index contributed by atoms with van der Waals surface area (Å²) in [5, 5.41) is 0. The van der Waals surface area contributed by atoms with Crippen LogP contribution in [0, 0.1) is 5.41 Å². The van der Waals surface area contributed by atoms with Crippen molar-refractivity contribution in [3.8, 4) is 0 Å². The fourth-order valence-corrected chi connectivity index (χ4v) is 4.40. The van der Waals surface area contributed by atoms with Gasteiger partial charge >= 0.3 is 0 Å². The maximum atomic E-state index is 12.2. The Labute approximate surface area is 137 Å². The second-order valence-electron chi connectivity index (χ2n) is 7.73. The second-order valence-corrected chi connectivity index (χ2v) is 7.73. The summed E-state index contributed by atoms with van der Waals surface area (Å²) in [5.41, 5.74) is 1.36. The number of hydrogen-bond acceptors (Lipinski definition) is 1. The van der Waals surface area contributed by atoms with Gasteiger partial charge in [-0.1, -0.05) is 90.0 Å². The van der Waals surface area contributed by atoms with E-state index in [0.717, 1.165) is 18.4 Å². The van der Waals surface area contributed by atoms with Crippen LogP contribution in [0.25, 0.3) is 0 Å².